The van der Waals surface area contributed by atoms with Gasteiger partial charge in [0, 0.05) is 5.39 Å². The summed E-state index contributed by atoms with van der Waals surface area (Å²) in [5, 5.41) is 10.7. The third-order valence-corrected chi connectivity index (χ3v) is 2.70. The van der Waals surface area contributed by atoms with Crippen molar-refractivity contribution in [2.75, 3.05) is 5.73 Å². The van der Waals surface area contributed by atoms with Crippen LogP contribution in [0.25, 0.3) is 22.3 Å². The quantitative estimate of drug-likeness (QED) is 0.595. The molecule has 3 rings (SSSR count). The molecule has 84 valence electrons. The molecule has 0 atom stereocenters. The van der Waals surface area contributed by atoms with E-state index in [-0.39, 0.29) is 5.75 Å². The van der Waals surface area contributed by atoms with E-state index in [1.165, 1.54) is 0 Å². The number of phenolic OH excluding ortho intramolecular Hbond substituents is 1. The number of nitrogens with two attached hydrogens (primary N) is 1. The zero-order chi connectivity index (χ0) is 11.8. The normalized spacial score (nSPS) is 10.8. The van der Waals surface area contributed by atoms with Crippen molar-refractivity contribution < 1.29 is 5.11 Å². The number of anilines is 1. The Bertz CT molecular complexity index is 671. The largest absolute Gasteiger partial charge is 0.506 e. The summed E-state index contributed by atoms with van der Waals surface area (Å²) in [5.41, 5.74) is 8.61. The van der Waals surface area contributed by atoms with Gasteiger partial charge in [0.1, 0.15) is 5.75 Å². The number of nitrogens with zero attached hydrogens (tertiary/aromatic N) is 1. The number of benzene rings is 1. The minimum absolute atomic E-state index is 0.240. The molecular formula is C13H11N3O. The minimum Gasteiger partial charge on any atom is -0.506 e. The molecule has 0 aliphatic heterocycles. The van der Waals surface area contributed by atoms with Gasteiger partial charge in [0.25, 0.3) is 0 Å². The van der Waals surface area contributed by atoms with E-state index in [1.807, 2.05) is 24.3 Å². The van der Waals surface area contributed by atoms with Gasteiger partial charge in [-0.15, -0.1) is 0 Å². The number of rotatable bonds is 1. The van der Waals surface area contributed by atoms with Crippen LogP contribution >= 0.6 is 0 Å². The third kappa shape index (κ3) is 1.59. The van der Waals surface area contributed by atoms with Crippen LogP contribution in [-0.4, -0.2) is 15.1 Å². The van der Waals surface area contributed by atoms with E-state index in [1.54, 1.807) is 18.3 Å². The van der Waals surface area contributed by atoms with Crippen molar-refractivity contribution in [2.45, 2.75) is 0 Å². The highest BCUT2D eigenvalue weighted by Crippen LogP contribution is 2.28. The first-order chi connectivity index (χ1) is 8.24. The zero-order valence-electron chi connectivity index (χ0n) is 9.01. The molecule has 2 heterocycles. The Balaban J connectivity index is 2.18. The summed E-state index contributed by atoms with van der Waals surface area (Å²) < 4.78 is 0. The molecule has 0 bridgehead atoms. The van der Waals surface area contributed by atoms with Gasteiger partial charge in [0.2, 0.25) is 0 Å². The number of H-pyrrole nitrogens is 1. The Morgan fingerprint density at radius 1 is 1.18 bits per heavy atom. The van der Waals surface area contributed by atoms with E-state index in [0.29, 0.717) is 5.69 Å². The predicted molar refractivity (Wildman–Crippen MR) is 67.6 cm³/mol. The van der Waals surface area contributed by atoms with Crippen LogP contribution in [0.1, 0.15) is 0 Å². The average molecular weight is 225 g/mol. The summed E-state index contributed by atoms with van der Waals surface area (Å²) in [4.78, 5) is 7.38. The molecule has 0 spiro atoms. The first-order valence-electron chi connectivity index (χ1n) is 5.26. The number of fused-ring (bicyclic) bond motifs is 1. The summed E-state index contributed by atoms with van der Waals surface area (Å²) >= 11 is 0. The second-order valence-corrected chi connectivity index (χ2v) is 3.90. The van der Waals surface area contributed by atoms with E-state index >= 15 is 0 Å². The van der Waals surface area contributed by atoms with Crippen LogP contribution in [-0.2, 0) is 0 Å². The van der Waals surface area contributed by atoms with Gasteiger partial charge >= 0.3 is 0 Å². The Morgan fingerprint density at radius 3 is 2.76 bits per heavy atom. The maximum Gasteiger partial charge on any atom is 0.139 e. The number of aromatic nitrogens is 2. The van der Waals surface area contributed by atoms with E-state index in [9.17, 15) is 5.11 Å². The molecule has 0 fully saturated rings. The summed E-state index contributed by atoms with van der Waals surface area (Å²) in [5.74, 6) is 0.240. The number of aromatic hydroxyl groups is 1. The lowest BCUT2D eigenvalue weighted by atomic mass is 10.2. The number of phenols is 1. The first-order valence-corrected chi connectivity index (χ1v) is 5.26. The van der Waals surface area contributed by atoms with Gasteiger partial charge in [0.15, 0.2) is 0 Å². The topological polar surface area (TPSA) is 74.9 Å². The molecule has 4 N–H and O–H groups in total. The van der Waals surface area contributed by atoms with Gasteiger partial charge in [-0.1, -0.05) is 12.1 Å². The molecule has 1 aromatic carbocycles. The van der Waals surface area contributed by atoms with E-state index in [2.05, 4.69) is 9.97 Å². The van der Waals surface area contributed by atoms with Crippen molar-refractivity contribution in [3.05, 3.63) is 42.6 Å². The Labute approximate surface area is 97.7 Å². The highest BCUT2D eigenvalue weighted by molar-refractivity contribution is 5.89. The fourth-order valence-corrected chi connectivity index (χ4v) is 1.84. The third-order valence-electron chi connectivity index (χ3n) is 2.70. The van der Waals surface area contributed by atoms with Gasteiger partial charge in [-0.05, 0) is 24.3 Å². The lowest BCUT2D eigenvalue weighted by Gasteiger charge is -1.97. The van der Waals surface area contributed by atoms with E-state index < -0.39 is 0 Å². The van der Waals surface area contributed by atoms with Crippen LogP contribution < -0.4 is 5.73 Å². The molecule has 0 unspecified atom stereocenters. The van der Waals surface area contributed by atoms with Crippen LogP contribution in [0.4, 0.5) is 5.69 Å². The Morgan fingerprint density at radius 2 is 2.06 bits per heavy atom. The molecule has 0 radical (unpaired) electrons. The molecular weight excluding hydrogens is 214 g/mol. The highest BCUT2D eigenvalue weighted by Gasteiger charge is 2.06. The van der Waals surface area contributed by atoms with Crippen LogP contribution in [0.15, 0.2) is 42.6 Å². The molecule has 3 aromatic rings. The van der Waals surface area contributed by atoms with Crippen molar-refractivity contribution in [3.63, 3.8) is 0 Å². The molecule has 4 nitrogen and oxygen atoms in total. The monoisotopic (exact) mass is 225 g/mol. The number of hydrogen-bond donors (Lipinski definition) is 3. The van der Waals surface area contributed by atoms with Crippen molar-refractivity contribution in [3.8, 4) is 17.1 Å². The maximum atomic E-state index is 9.70. The SMILES string of the molecule is Nc1ccc(-c2cc3cccc(O)c3[nH]2)nc1. The maximum absolute atomic E-state index is 9.70. The molecule has 17 heavy (non-hydrogen) atoms. The zero-order valence-corrected chi connectivity index (χ0v) is 9.01. The van der Waals surface area contributed by atoms with E-state index in [4.69, 9.17) is 5.73 Å². The van der Waals surface area contributed by atoms with Crippen molar-refractivity contribution >= 4 is 16.6 Å². The van der Waals surface area contributed by atoms with Crippen LogP contribution in [0.5, 0.6) is 5.75 Å². The number of pyridine rings is 1. The fourth-order valence-electron chi connectivity index (χ4n) is 1.84. The molecule has 0 aliphatic carbocycles. The van der Waals surface area contributed by atoms with Crippen LogP contribution in [0.3, 0.4) is 0 Å². The lowest BCUT2D eigenvalue weighted by molar-refractivity contribution is 0.480. The predicted octanol–water partition coefficient (Wildman–Crippen LogP) is 2.52. The number of nitrogen functional groups attached to an aromatic ring is 1. The fraction of sp³-hybridized carbons (Fsp3) is 0. The number of para-hydroxylation sites is 1. The van der Waals surface area contributed by atoms with Crippen LogP contribution in [0.2, 0.25) is 0 Å². The Kier molecular flexibility index (Phi) is 2.01. The number of nitrogens with one attached hydrogen (secondary N) is 1. The number of aromatic amines is 1. The van der Waals surface area contributed by atoms with Crippen LogP contribution in [0, 0.1) is 0 Å². The molecule has 0 saturated carbocycles. The molecule has 0 aliphatic rings. The summed E-state index contributed by atoms with van der Waals surface area (Å²) in [6.07, 6.45) is 1.61. The average Bonchev–Trinajstić information content (AvgIpc) is 2.75. The van der Waals surface area contributed by atoms with Gasteiger partial charge in [-0.3, -0.25) is 4.98 Å². The minimum atomic E-state index is 0.240. The Hall–Kier alpha value is -2.49. The summed E-state index contributed by atoms with van der Waals surface area (Å²) in [6, 6.07) is 11.0. The van der Waals surface area contributed by atoms with Crippen molar-refractivity contribution in [1.29, 1.82) is 0 Å². The summed E-state index contributed by atoms with van der Waals surface area (Å²) in [6.45, 7) is 0. The lowest BCUT2D eigenvalue weighted by Crippen LogP contribution is -1.87. The van der Waals surface area contributed by atoms with Crippen molar-refractivity contribution in [1.82, 2.24) is 9.97 Å². The molecule has 2 aromatic heterocycles. The van der Waals surface area contributed by atoms with Gasteiger partial charge < -0.3 is 15.8 Å². The van der Waals surface area contributed by atoms with Gasteiger partial charge in [0.05, 0.1) is 28.8 Å². The number of hydrogen-bond acceptors (Lipinski definition) is 3. The van der Waals surface area contributed by atoms with Gasteiger partial charge in [-0.25, -0.2) is 0 Å². The van der Waals surface area contributed by atoms with Crippen molar-refractivity contribution in [2.24, 2.45) is 0 Å². The molecule has 0 saturated heterocycles. The highest BCUT2D eigenvalue weighted by atomic mass is 16.3. The van der Waals surface area contributed by atoms with E-state index in [0.717, 1.165) is 22.3 Å². The van der Waals surface area contributed by atoms with Gasteiger partial charge in [-0.2, -0.15) is 0 Å². The molecule has 4 heteroatoms. The molecule has 0 amide bonds. The first kappa shape index (κ1) is 9.72. The standard InChI is InChI=1S/C13H11N3O/c14-9-4-5-10(15-7-9)11-6-8-2-1-3-12(17)13(8)16-11/h1-7,16-17H,14H2. The second kappa shape index (κ2) is 3.52. The smallest absolute Gasteiger partial charge is 0.139 e. The second-order valence-electron chi connectivity index (χ2n) is 3.90. The summed E-state index contributed by atoms with van der Waals surface area (Å²) in [7, 11) is 0.